The van der Waals surface area contributed by atoms with Gasteiger partial charge >= 0.3 is 29.6 Å². The van der Waals surface area contributed by atoms with Gasteiger partial charge in [0.05, 0.1) is 16.3 Å². The molecule has 0 saturated carbocycles. The van der Waals surface area contributed by atoms with E-state index in [2.05, 4.69) is 26.4 Å². The minimum atomic E-state index is 0. The predicted octanol–water partition coefficient (Wildman–Crippen LogP) is 0.423. The van der Waals surface area contributed by atoms with Crippen molar-refractivity contribution in [2.75, 3.05) is 10.9 Å². The van der Waals surface area contributed by atoms with Crippen LogP contribution in [0.15, 0.2) is 63.0 Å². The van der Waals surface area contributed by atoms with Crippen LogP contribution in [0.1, 0.15) is 0 Å². The number of nitrogens with zero attached hydrogens (tertiary/aromatic N) is 3. The van der Waals surface area contributed by atoms with Crippen LogP contribution < -0.4 is 40.4 Å². The maximum atomic E-state index is 10.0. The van der Waals surface area contributed by atoms with Gasteiger partial charge in [0.15, 0.2) is 0 Å². The zero-order valence-electron chi connectivity index (χ0n) is 10.6. The molecule has 7 nitrogen and oxygen atoms in total. The number of aromatic nitrogens is 1. The zero-order valence-corrected chi connectivity index (χ0v) is 13.4. The van der Waals surface area contributed by atoms with Gasteiger partial charge in [0.2, 0.25) is 0 Å². The Hall–Kier alpha value is -1.48. The van der Waals surface area contributed by atoms with Gasteiger partial charge in [0.25, 0.3) is 0 Å². The van der Waals surface area contributed by atoms with Crippen LogP contribution in [0, 0.1) is 9.81 Å². The molecule has 20 heavy (non-hydrogen) atoms. The van der Waals surface area contributed by atoms with Crippen LogP contribution >= 0.6 is 11.8 Å². The number of hydrogen-bond donors (Lipinski definition) is 2. The van der Waals surface area contributed by atoms with Crippen molar-refractivity contribution in [2.45, 2.75) is 9.79 Å². The number of benzene rings is 1. The van der Waals surface area contributed by atoms with Crippen molar-refractivity contribution in [1.29, 1.82) is 0 Å². The van der Waals surface area contributed by atoms with Gasteiger partial charge in [-0.2, -0.15) is 0 Å². The average molecular weight is 298 g/mol. The summed E-state index contributed by atoms with van der Waals surface area (Å²) >= 11 is 1.51. The summed E-state index contributed by atoms with van der Waals surface area (Å²) in [5.74, 6) is 0.399. The van der Waals surface area contributed by atoms with Crippen molar-refractivity contribution >= 4 is 23.3 Å². The fraction of sp³-hybridized carbons (Fsp3) is 0. The number of nitrogens with one attached hydrogen (secondary N) is 2. The van der Waals surface area contributed by atoms with Crippen LogP contribution in [0.25, 0.3) is 0 Å². The van der Waals surface area contributed by atoms with Crippen molar-refractivity contribution in [2.24, 2.45) is 10.6 Å². The third-order valence-corrected chi connectivity index (χ3v) is 3.15. The fourth-order valence-electron chi connectivity index (χ4n) is 1.34. The van der Waals surface area contributed by atoms with E-state index < -0.39 is 0 Å². The third-order valence-electron chi connectivity index (χ3n) is 2.16. The molecule has 0 radical (unpaired) electrons. The first-order valence-electron chi connectivity index (χ1n) is 5.22. The van der Waals surface area contributed by atoms with Crippen LogP contribution in [0.4, 0.5) is 11.5 Å². The van der Waals surface area contributed by atoms with Gasteiger partial charge in [-0.05, 0) is 36.4 Å². The Kier molecular flexibility index (Phi) is 7.16. The normalized spacial score (nSPS) is 9.20. The molecule has 0 aliphatic rings. The molecule has 9 heteroatoms. The smallest absolute Gasteiger partial charge is 0.242 e. The summed E-state index contributed by atoms with van der Waals surface area (Å²) in [5.41, 5.74) is 5.17. The van der Waals surface area contributed by atoms with Crippen LogP contribution in [0.2, 0.25) is 0 Å². The molecule has 0 unspecified atom stereocenters. The van der Waals surface area contributed by atoms with Crippen molar-refractivity contribution in [3.63, 3.8) is 0 Å². The Bertz CT molecular complexity index is 513. The van der Waals surface area contributed by atoms with Crippen molar-refractivity contribution in [1.82, 2.24) is 4.98 Å². The second kappa shape index (κ2) is 8.64. The van der Waals surface area contributed by atoms with E-state index in [0.717, 1.165) is 9.79 Å². The molecule has 2 N–H and O–H groups in total. The molecule has 2 aromatic rings. The molecule has 0 bridgehead atoms. The standard InChI is InChI=1S/C11H9N5O2S.Na/c17-15-13-8-1-3-9(4-2-8)19-10-5-6-11(12-7-10)14-16-18;/h1-7H,(H,13,17)(H,12,14,18);/q;+1. The first-order valence-corrected chi connectivity index (χ1v) is 6.04. The number of nitroso groups, excluding NO2 is 2. The number of hydrogen-bond acceptors (Lipinski definition) is 6. The van der Waals surface area contributed by atoms with Crippen molar-refractivity contribution < 1.29 is 29.6 Å². The van der Waals surface area contributed by atoms with E-state index >= 15 is 0 Å². The van der Waals surface area contributed by atoms with Gasteiger partial charge < -0.3 is 0 Å². The molecule has 0 amide bonds. The van der Waals surface area contributed by atoms with Gasteiger partial charge in [-0.15, -0.1) is 9.81 Å². The maximum absolute atomic E-state index is 10.0. The van der Waals surface area contributed by atoms with Gasteiger partial charge in [-0.3, -0.25) is 0 Å². The Balaban J connectivity index is 0.00000200. The third kappa shape index (κ3) is 4.89. The van der Waals surface area contributed by atoms with Gasteiger partial charge in [0.1, 0.15) is 5.82 Å². The predicted molar refractivity (Wildman–Crippen MR) is 73.6 cm³/mol. The fourth-order valence-corrected chi connectivity index (χ4v) is 2.13. The second-order valence-corrected chi connectivity index (χ2v) is 4.56. The number of pyridine rings is 1. The summed E-state index contributed by atoms with van der Waals surface area (Å²) in [6.45, 7) is 0. The summed E-state index contributed by atoms with van der Waals surface area (Å²) in [6, 6.07) is 10.7. The molecule has 0 aliphatic carbocycles. The largest absolute Gasteiger partial charge is 1.00 e. The Morgan fingerprint density at radius 1 is 0.900 bits per heavy atom. The summed E-state index contributed by atoms with van der Waals surface area (Å²) in [6.07, 6.45) is 1.64. The van der Waals surface area contributed by atoms with Gasteiger partial charge in [-0.25, -0.2) is 15.8 Å². The molecular weight excluding hydrogens is 289 g/mol. The molecule has 0 atom stereocenters. The van der Waals surface area contributed by atoms with Crippen LogP contribution in [-0.4, -0.2) is 4.98 Å². The number of rotatable bonds is 6. The maximum Gasteiger partial charge on any atom is 1.00 e. The topological polar surface area (TPSA) is 95.8 Å². The SMILES string of the molecule is O=NNc1ccc(Sc2ccc(NN=O)nc2)cc1.[Na+]. The number of anilines is 2. The molecule has 0 aliphatic heterocycles. The monoisotopic (exact) mass is 298 g/mol. The molecule has 1 heterocycles. The Morgan fingerprint density at radius 3 is 2.10 bits per heavy atom. The molecular formula is C11H9N5NaO2S+. The van der Waals surface area contributed by atoms with E-state index in [1.807, 2.05) is 18.2 Å². The Morgan fingerprint density at radius 2 is 1.55 bits per heavy atom. The summed E-state index contributed by atoms with van der Waals surface area (Å²) in [5, 5.41) is 5.12. The molecule has 2 rings (SSSR count). The van der Waals surface area contributed by atoms with Gasteiger partial charge in [0, 0.05) is 16.0 Å². The van der Waals surface area contributed by atoms with E-state index in [0.29, 0.717) is 11.5 Å². The molecule has 1 aromatic heterocycles. The van der Waals surface area contributed by atoms with Crippen LogP contribution in [0.5, 0.6) is 0 Å². The molecule has 0 saturated heterocycles. The summed E-state index contributed by atoms with van der Waals surface area (Å²) in [4.78, 5) is 26.0. The zero-order chi connectivity index (χ0) is 13.5. The average Bonchev–Trinajstić information content (AvgIpc) is 2.44. The van der Waals surface area contributed by atoms with E-state index in [1.54, 1.807) is 24.4 Å². The van der Waals surface area contributed by atoms with E-state index in [4.69, 9.17) is 0 Å². The van der Waals surface area contributed by atoms with Crippen LogP contribution in [-0.2, 0) is 0 Å². The first kappa shape index (κ1) is 16.6. The van der Waals surface area contributed by atoms with Crippen molar-refractivity contribution in [3.05, 3.63) is 52.4 Å². The quantitative estimate of drug-likeness (QED) is 0.456. The van der Waals surface area contributed by atoms with E-state index in [9.17, 15) is 9.81 Å². The molecule has 1 aromatic carbocycles. The van der Waals surface area contributed by atoms with Gasteiger partial charge in [-0.1, -0.05) is 11.8 Å². The summed E-state index contributed by atoms with van der Waals surface area (Å²) in [7, 11) is 0. The first-order chi connectivity index (χ1) is 9.31. The van der Waals surface area contributed by atoms with Crippen molar-refractivity contribution in [3.8, 4) is 0 Å². The molecule has 0 fully saturated rings. The van der Waals surface area contributed by atoms with E-state index in [-0.39, 0.29) is 29.6 Å². The Labute approximate surface area is 141 Å². The summed E-state index contributed by atoms with van der Waals surface area (Å²) < 4.78 is 0. The molecule has 0 spiro atoms. The minimum absolute atomic E-state index is 0. The van der Waals surface area contributed by atoms with Crippen LogP contribution in [0.3, 0.4) is 0 Å². The minimum Gasteiger partial charge on any atom is -0.242 e. The second-order valence-electron chi connectivity index (χ2n) is 3.41. The van der Waals surface area contributed by atoms with E-state index in [1.165, 1.54) is 11.8 Å². The molecule has 96 valence electrons.